The third-order valence-electron chi connectivity index (χ3n) is 4.16. The summed E-state index contributed by atoms with van der Waals surface area (Å²) < 4.78 is 8.34. The van der Waals surface area contributed by atoms with Crippen LogP contribution in [0.1, 0.15) is 38.1 Å². The van der Waals surface area contributed by atoms with Gasteiger partial charge in [0.05, 0.1) is 17.6 Å². The summed E-state index contributed by atoms with van der Waals surface area (Å²) in [6, 6.07) is 16.6. The SMILES string of the molecule is CCc1nc2ccccc2n1CCOc1ccccc1C(C)C. The Morgan fingerprint density at radius 1 is 1.04 bits per heavy atom. The minimum atomic E-state index is 0.464. The molecule has 0 aliphatic carbocycles. The molecule has 0 spiro atoms. The van der Waals surface area contributed by atoms with Gasteiger partial charge in [0.1, 0.15) is 18.2 Å². The number of benzene rings is 2. The number of ether oxygens (including phenoxy) is 1. The standard InChI is InChI=1S/C20H24N2O/c1-4-20-21-17-10-6-7-11-18(17)22(20)13-14-23-19-12-8-5-9-16(19)15(2)3/h5-12,15H,4,13-14H2,1-3H3. The molecule has 1 heterocycles. The molecule has 0 aliphatic heterocycles. The minimum Gasteiger partial charge on any atom is -0.491 e. The number of aromatic nitrogens is 2. The molecule has 0 amide bonds. The van der Waals surface area contributed by atoms with E-state index in [4.69, 9.17) is 9.72 Å². The molecule has 3 rings (SSSR count). The van der Waals surface area contributed by atoms with Crippen LogP contribution >= 0.6 is 0 Å². The highest BCUT2D eigenvalue weighted by Gasteiger charge is 2.10. The van der Waals surface area contributed by atoms with Crippen molar-refractivity contribution < 1.29 is 4.74 Å². The first kappa shape index (κ1) is 15.6. The van der Waals surface area contributed by atoms with Crippen LogP contribution in [0.25, 0.3) is 11.0 Å². The number of para-hydroxylation sites is 3. The smallest absolute Gasteiger partial charge is 0.122 e. The number of hydrogen-bond donors (Lipinski definition) is 0. The van der Waals surface area contributed by atoms with Crippen LogP contribution < -0.4 is 4.74 Å². The zero-order valence-electron chi connectivity index (χ0n) is 14.1. The van der Waals surface area contributed by atoms with Gasteiger partial charge in [-0.25, -0.2) is 4.98 Å². The van der Waals surface area contributed by atoms with Crippen molar-refractivity contribution in [1.82, 2.24) is 9.55 Å². The van der Waals surface area contributed by atoms with Crippen LogP contribution in [0.3, 0.4) is 0 Å². The van der Waals surface area contributed by atoms with Crippen LogP contribution in [0.2, 0.25) is 0 Å². The van der Waals surface area contributed by atoms with Crippen molar-refractivity contribution in [3.8, 4) is 5.75 Å². The van der Waals surface area contributed by atoms with Crippen LogP contribution in [-0.2, 0) is 13.0 Å². The van der Waals surface area contributed by atoms with Gasteiger partial charge in [0, 0.05) is 6.42 Å². The lowest BCUT2D eigenvalue weighted by Gasteiger charge is -2.15. The molecule has 0 fully saturated rings. The average molecular weight is 308 g/mol. The molecule has 0 atom stereocenters. The maximum Gasteiger partial charge on any atom is 0.122 e. The van der Waals surface area contributed by atoms with Gasteiger partial charge in [-0.1, -0.05) is 51.1 Å². The summed E-state index contributed by atoms with van der Waals surface area (Å²) in [5, 5.41) is 0. The Hall–Kier alpha value is -2.29. The van der Waals surface area contributed by atoms with Gasteiger partial charge in [-0.2, -0.15) is 0 Å². The molecule has 3 aromatic rings. The highest BCUT2D eigenvalue weighted by molar-refractivity contribution is 5.75. The number of imidazole rings is 1. The van der Waals surface area contributed by atoms with Gasteiger partial charge in [-0.15, -0.1) is 0 Å². The maximum absolute atomic E-state index is 6.07. The molecule has 0 bridgehead atoms. The summed E-state index contributed by atoms with van der Waals surface area (Å²) in [6.07, 6.45) is 0.928. The van der Waals surface area contributed by atoms with Gasteiger partial charge in [-0.05, 0) is 29.7 Å². The summed E-state index contributed by atoms with van der Waals surface area (Å²) in [7, 11) is 0. The minimum absolute atomic E-state index is 0.464. The second kappa shape index (κ2) is 6.86. The monoisotopic (exact) mass is 308 g/mol. The third-order valence-corrected chi connectivity index (χ3v) is 4.16. The Morgan fingerprint density at radius 2 is 1.78 bits per heavy atom. The van der Waals surface area contributed by atoms with Crippen LogP contribution in [-0.4, -0.2) is 16.2 Å². The highest BCUT2D eigenvalue weighted by Crippen LogP contribution is 2.26. The lowest BCUT2D eigenvalue weighted by Crippen LogP contribution is -2.11. The van der Waals surface area contributed by atoms with Gasteiger partial charge in [0.15, 0.2) is 0 Å². The van der Waals surface area contributed by atoms with Crippen molar-refractivity contribution in [1.29, 1.82) is 0 Å². The molecule has 0 radical (unpaired) electrons. The van der Waals surface area contributed by atoms with E-state index in [1.807, 2.05) is 12.1 Å². The molecule has 0 aliphatic rings. The van der Waals surface area contributed by atoms with Gasteiger partial charge < -0.3 is 9.30 Å². The molecular formula is C20H24N2O. The number of hydrogen-bond acceptors (Lipinski definition) is 2. The van der Waals surface area contributed by atoms with E-state index in [0.29, 0.717) is 12.5 Å². The molecule has 3 nitrogen and oxygen atoms in total. The van der Waals surface area contributed by atoms with E-state index >= 15 is 0 Å². The van der Waals surface area contributed by atoms with Gasteiger partial charge in [-0.3, -0.25) is 0 Å². The normalized spacial score (nSPS) is 11.3. The van der Waals surface area contributed by atoms with Crippen LogP contribution in [0, 0.1) is 0 Å². The van der Waals surface area contributed by atoms with E-state index in [1.165, 1.54) is 11.1 Å². The molecule has 0 saturated carbocycles. The lowest BCUT2D eigenvalue weighted by molar-refractivity contribution is 0.294. The molecule has 0 N–H and O–H groups in total. The Balaban J connectivity index is 1.77. The second-order valence-corrected chi connectivity index (χ2v) is 6.06. The third kappa shape index (κ3) is 3.24. The van der Waals surface area contributed by atoms with Crippen molar-refractivity contribution in [2.45, 2.75) is 39.7 Å². The Bertz CT molecular complexity index is 789. The van der Waals surface area contributed by atoms with Crippen LogP contribution in [0.4, 0.5) is 0 Å². The molecule has 1 aromatic heterocycles. The Morgan fingerprint density at radius 3 is 2.57 bits per heavy atom. The summed E-state index contributed by atoms with van der Waals surface area (Å²) in [6.45, 7) is 8.00. The predicted octanol–water partition coefficient (Wildman–Crippen LogP) is 4.80. The van der Waals surface area contributed by atoms with Crippen LogP contribution in [0.15, 0.2) is 48.5 Å². The average Bonchev–Trinajstić information content (AvgIpc) is 2.93. The zero-order valence-corrected chi connectivity index (χ0v) is 14.1. The number of nitrogens with zero attached hydrogens (tertiary/aromatic N) is 2. The number of aryl methyl sites for hydroxylation is 1. The molecular weight excluding hydrogens is 284 g/mol. The van der Waals surface area contributed by atoms with Gasteiger partial charge in [0.2, 0.25) is 0 Å². The first-order chi connectivity index (χ1) is 11.2. The largest absolute Gasteiger partial charge is 0.491 e. The molecule has 0 saturated heterocycles. The van der Waals surface area contributed by atoms with Crippen LogP contribution in [0.5, 0.6) is 5.75 Å². The Labute approximate surface area is 137 Å². The fraction of sp³-hybridized carbons (Fsp3) is 0.350. The van der Waals surface area contributed by atoms with Crippen molar-refractivity contribution in [2.75, 3.05) is 6.61 Å². The van der Waals surface area contributed by atoms with E-state index in [-0.39, 0.29) is 0 Å². The maximum atomic E-state index is 6.07. The summed E-state index contributed by atoms with van der Waals surface area (Å²) in [5.74, 6) is 2.57. The van der Waals surface area contributed by atoms with E-state index < -0.39 is 0 Å². The fourth-order valence-electron chi connectivity index (χ4n) is 2.98. The first-order valence-corrected chi connectivity index (χ1v) is 8.36. The van der Waals surface area contributed by atoms with Crippen molar-refractivity contribution >= 4 is 11.0 Å². The predicted molar refractivity (Wildman–Crippen MR) is 95.1 cm³/mol. The van der Waals surface area contributed by atoms with Crippen molar-refractivity contribution in [3.05, 3.63) is 59.9 Å². The number of rotatable bonds is 6. The summed E-state index contributed by atoms with van der Waals surface area (Å²) in [4.78, 5) is 4.71. The molecule has 3 heteroatoms. The molecule has 0 unspecified atom stereocenters. The quantitative estimate of drug-likeness (QED) is 0.654. The van der Waals surface area contributed by atoms with Gasteiger partial charge in [0.25, 0.3) is 0 Å². The topological polar surface area (TPSA) is 27.1 Å². The fourth-order valence-corrected chi connectivity index (χ4v) is 2.98. The summed E-state index contributed by atoms with van der Waals surface area (Å²) >= 11 is 0. The first-order valence-electron chi connectivity index (χ1n) is 8.36. The van der Waals surface area contributed by atoms with Crippen molar-refractivity contribution in [3.63, 3.8) is 0 Å². The van der Waals surface area contributed by atoms with E-state index in [0.717, 1.165) is 30.1 Å². The summed E-state index contributed by atoms with van der Waals surface area (Å²) in [5.41, 5.74) is 3.51. The molecule has 120 valence electrons. The lowest BCUT2D eigenvalue weighted by atomic mass is 10.0. The Kier molecular flexibility index (Phi) is 4.65. The molecule has 23 heavy (non-hydrogen) atoms. The van der Waals surface area contributed by atoms with E-state index in [9.17, 15) is 0 Å². The van der Waals surface area contributed by atoms with Gasteiger partial charge >= 0.3 is 0 Å². The zero-order chi connectivity index (χ0) is 16.2. The van der Waals surface area contributed by atoms with E-state index in [1.54, 1.807) is 0 Å². The second-order valence-electron chi connectivity index (χ2n) is 6.06. The van der Waals surface area contributed by atoms with Crippen molar-refractivity contribution in [2.24, 2.45) is 0 Å². The molecule has 2 aromatic carbocycles. The highest BCUT2D eigenvalue weighted by atomic mass is 16.5. The van der Waals surface area contributed by atoms with E-state index in [2.05, 4.69) is 61.7 Å². The number of fused-ring (bicyclic) bond motifs is 1.